The van der Waals surface area contributed by atoms with Gasteiger partial charge in [0.15, 0.2) is 17.6 Å². The molecule has 8 rings (SSSR count). The number of fused-ring (bicyclic) bond motifs is 1. The number of ketones is 1. The second-order valence-electron chi connectivity index (χ2n) is 20.1. The summed E-state index contributed by atoms with van der Waals surface area (Å²) >= 11 is 0. The number of rotatable bonds is 31. The van der Waals surface area contributed by atoms with E-state index >= 15 is 4.79 Å². The maximum Gasteiger partial charge on any atom is 0.311 e. The molecule has 0 aromatic heterocycles. The van der Waals surface area contributed by atoms with Gasteiger partial charge in [0.05, 0.1) is 0 Å². The average Bonchev–Trinajstić information content (AvgIpc) is 4.35. The summed E-state index contributed by atoms with van der Waals surface area (Å²) < 4.78 is 36.7. The van der Waals surface area contributed by atoms with Crippen molar-refractivity contribution in [1.29, 1.82) is 0 Å². The molecule has 7 unspecified atom stereocenters. The van der Waals surface area contributed by atoms with Crippen LogP contribution in [0.5, 0.6) is 28.7 Å². The largest absolute Gasteiger partial charge is 0.480 e. The van der Waals surface area contributed by atoms with Crippen LogP contribution in [0.2, 0.25) is 0 Å². The summed E-state index contributed by atoms with van der Waals surface area (Å²) in [5, 5.41) is 2.86. The van der Waals surface area contributed by atoms with Gasteiger partial charge in [0.1, 0.15) is 22.8 Å². The van der Waals surface area contributed by atoms with Crippen molar-refractivity contribution in [3.8, 4) is 28.7 Å². The molecule has 0 radical (unpaired) electrons. The first-order valence-corrected chi connectivity index (χ1v) is 39.5. The maximum absolute atomic E-state index is 15.2. The van der Waals surface area contributed by atoms with Crippen LogP contribution in [-0.2, 0) is 28.7 Å². The summed E-state index contributed by atoms with van der Waals surface area (Å²) in [5.41, 5.74) is 0.174. The van der Waals surface area contributed by atoms with E-state index in [4.69, 9.17) is 28.4 Å². The van der Waals surface area contributed by atoms with E-state index in [-0.39, 0.29) is 66.4 Å². The first-order valence-electron chi connectivity index (χ1n) is 27.6. The third kappa shape index (κ3) is 20.9. The number of Topliss-reactive ketones (excluding diaryl/α,β-unsaturated/α-hetero) is 1. The molecule has 0 spiro atoms. The SMILES string of the molecule is O=C(CCCCC1CCSS1)Oc1cc(OC(=O)CCCCC2CCSS2)c2c(c1)OC(c1ccc(OC(=O)CCCCC3CCSS3)c(OC(=O)CCCCC3CCSS3)c1)C(OC(=O)CCCCC1CCSS1)C2=O. The molecule has 22 heteroatoms. The molecular formula is C55H72O12S10. The van der Waals surface area contributed by atoms with Crippen molar-refractivity contribution in [3.05, 3.63) is 41.5 Å². The Kier molecular flexibility index (Phi) is 27.1. The molecule has 6 aliphatic rings. The number of hydrogen-bond donors (Lipinski definition) is 0. The quantitative estimate of drug-likeness (QED) is 0.0303. The van der Waals surface area contributed by atoms with Crippen molar-refractivity contribution in [2.24, 2.45) is 0 Å². The van der Waals surface area contributed by atoms with Gasteiger partial charge in [0, 0.05) is 105 Å². The minimum absolute atomic E-state index is 0.0268. The monoisotopic (exact) mass is 1240 g/mol. The Hall–Kier alpha value is -1.24. The van der Waals surface area contributed by atoms with Crippen LogP contribution < -0.4 is 23.7 Å². The van der Waals surface area contributed by atoms with Crippen molar-refractivity contribution in [3.63, 3.8) is 0 Å². The normalized spacial score (nSPS) is 23.8. The summed E-state index contributed by atoms with van der Waals surface area (Å²) in [6.45, 7) is 0. The highest BCUT2D eigenvalue weighted by atomic mass is 33.1. The predicted octanol–water partition coefficient (Wildman–Crippen LogP) is 16.1. The van der Waals surface area contributed by atoms with Crippen LogP contribution >= 0.6 is 108 Å². The Morgan fingerprint density at radius 3 is 1.25 bits per heavy atom. The Bertz CT molecular complexity index is 2260. The lowest BCUT2D eigenvalue weighted by Crippen LogP contribution is -2.40. The molecule has 2 aromatic carbocycles. The first kappa shape index (κ1) is 61.8. The zero-order valence-corrected chi connectivity index (χ0v) is 51.8. The van der Waals surface area contributed by atoms with E-state index in [0.29, 0.717) is 63.9 Å². The number of benzene rings is 2. The topological polar surface area (TPSA) is 158 Å². The standard InChI is InChI=1S/C55H72O12S10/c56-47(16-6-1-11-38-23-28-68-73-38)62-37-34-45(65-50(59)19-9-4-14-41-26-31-71-76-41)52-46(35-37)66-54(55(53(52)61)67-51(60)20-10-5-15-42-27-32-72-77-42)36-21-22-43(63-48(57)17-7-2-12-39-24-29-69-74-39)44(33-36)64-49(58)18-8-3-13-40-25-30-70-75-40/h21-22,33-35,38-42,54-55H,1-20,23-32H2. The molecule has 5 saturated heterocycles. The lowest BCUT2D eigenvalue weighted by atomic mass is 9.92. The second-order valence-corrected chi connectivity index (χ2v) is 34.0. The Morgan fingerprint density at radius 1 is 0.442 bits per heavy atom. The van der Waals surface area contributed by atoms with Crippen LogP contribution in [-0.4, -0.2) is 96.7 Å². The van der Waals surface area contributed by atoms with Gasteiger partial charge in [0.25, 0.3) is 0 Å². The molecule has 77 heavy (non-hydrogen) atoms. The molecule has 6 aliphatic heterocycles. The zero-order valence-electron chi connectivity index (χ0n) is 43.6. The van der Waals surface area contributed by atoms with E-state index in [1.54, 1.807) is 6.07 Å². The van der Waals surface area contributed by atoms with E-state index in [1.165, 1.54) is 30.7 Å². The summed E-state index contributed by atoms with van der Waals surface area (Å²) in [6, 6.07) is 7.41. The van der Waals surface area contributed by atoms with Gasteiger partial charge < -0.3 is 28.4 Å². The van der Waals surface area contributed by atoms with Gasteiger partial charge in [-0.25, -0.2) is 0 Å². The Morgan fingerprint density at radius 2 is 0.831 bits per heavy atom. The minimum atomic E-state index is -1.57. The number of ether oxygens (including phenoxy) is 6. The summed E-state index contributed by atoms with van der Waals surface area (Å²) in [5.74, 6) is 2.21. The lowest BCUT2D eigenvalue weighted by Gasteiger charge is -2.33. The molecule has 0 saturated carbocycles. The molecule has 424 valence electrons. The Labute approximate surface area is 494 Å². The highest BCUT2D eigenvalue weighted by Gasteiger charge is 2.44. The fourth-order valence-corrected chi connectivity index (χ4v) is 24.8. The molecule has 6 heterocycles. The fourth-order valence-electron chi connectivity index (χ4n) is 9.68. The van der Waals surface area contributed by atoms with Crippen LogP contribution in [0.1, 0.15) is 183 Å². The average molecular weight is 1250 g/mol. The van der Waals surface area contributed by atoms with Crippen molar-refractivity contribution in [2.45, 2.75) is 199 Å². The van der Waals surface area contributed by atoms with Gasteiger partial charge >= 0.3 is 29.8 Å². The maximum atomic E-state index is 15.2. The number of carbonyl (C=O) groups is 6. The molecule has 7 atom stereocenters. The van der Waals surface area contributed by atoms with Crippen molar-refractivity contribution in [2.75, 3.05) is 28.8 Å². The molecule has 0 N–H and O–H groups in total. The van der Waals surface area contributed by atoms with E-state index in [0.717, 1.165) is 119 Å². The van der Waals surface area contributed by atoms with E-state index in [2.05, 4.69) is 0 Å². The third-order valence-corrected chi connectivity index (χ3v) is 29.0. The van der Waals surface area contributed by atoms with Crippen molar-refractivity contribution in [1.82, 2.24) is 0 Å². The van der Waals surface area contributed by atoms with Crippen LogP contribution in [0.25, 0.3) is 0 Å². The fraction of sp³-hybridized carbons (Fsp3) is 0.673. The van der Waals surface area contributed by atoms with Crippen LogP contribution in [0.15, 0.2) is 30.3 Å². The van der Waals surface area contributed by atoms with Crippen molar-refractivity contribution >= 4 is 144 Å². The van der Waals surface area contributed by atoms with Gasteiger partial charge in [-0.15, -0.1) is 0 Å². The molecular weight excluding hydrogens is 1170 g/mol. The minimum Gasteiger partial charge on any atom is -0.480 e. The second kappa shape index (κ2) is 33.8. The molecule has 0 amide bonds. The van der Waals surface area contributed by atoms with Crippen LogP contribution in [0, 0.1) is 0 Å². The molecule has 5 fully saturated rings. The molecule has 0 aliphatic carbocycles. The number of hydrogen-bond acceptors (Lipinski definition) is 22. The number of carbonyl (C=O) groups excluding carboxylic acids is 6. The number of unbranched alkanes of at least 4 members (excludes halogenated alkanes) is 5. The summed E-state index contributed by atoms with van der Waals surface area (Å²) in [7, 11) is 18.9. The first-order chi connectivity index (χ1) is 37.6. The van der Waals surface area contributed by atoms with E-state index in [1.807, 2.05) is 108 Å². The van der Waals surface area contributed by atoms with Gasteiger partial charge in [0.2, 0.25) is 11.9 Å². The van der Waals surface area contributed by atoms with Gasteiger partial charge in [-0.3, -0.25) is 28.8 Å². The van der Waals surface area contributed by atoms with Gasteiger partial charge in [-0.1, -0.05) is 146 Å². The molecule has 12 nitrogen and oxygen atoms in total. The highest BCUT2D eigenvalue weighted by Crippen LogP contribution is 2.47. The van der Waals surface area contributed by atoms with Crippen LogP contribution in [0.4, 0.5) is 0 Å². The zero-order chi connectivity index (χ0) is 53.6. The van der Waals surface area contributed by atoms with Crippen molar-refractivity contribution < 1.29 is 57.2 Å². The Balaban J connectivity index is 1.04. The van der Waals surface area contributed by atoms with Crippen LogP contribution in [0.3, 0.4) is 0 Å². The van der Waals surface area contributed by atoms with Gasteiger partial charge in [-0.05, 0) is 108 Å². The van der Waals surface area contributed by atoms with E-state index in [9.17, 15) is 24.0 Å². The van der Waals surface area contributed by atoms with Gasteiger partial charge in [-0.2, -0.15) is 0 Å². The molecule has 0 bridgehead atoms. The molecule has 2 aromatic rings. The summed E-state index contributed by atoms with van der Waals surface area (Å²) in [4.78, 5) is 83.1. The van der Waals surface area contributed by atoms with E-state index < -0.39 is 47.8 Å². The third-order valence-electron chi connectivity index (χ3n) is 14.0. The smallest absolute Gasteiger partial charge is 0.311 e. The highest BCUT2D eigenvalue weighted by molar-refractivity contribution is 8.78. The number of esters is 5. The summed E-state index contributed by atoms with van der Waals surface area (Å²) in [6.07, 6.45) is 15.9. The predicted molar refractivity (Wildman–Crippen MR) is 328 cm³/mol. The lowest BCUT2D eigenvalue weighted by molar-refractivity contribution is -0.152.